The fourth-order valence-electron chi connectivity index (χ4n) is 3.80. The van der Waals surface area contributed by atoms with Crippen LogP contribution >= 0.6 is 0 Å². The van der Waals surface area contributed by atoms with Gasteiger partial charge in [0, 0.05) is 25.3 Å². The van der Waals surface area contributed by atoms with Gasteiger partial charge < -0.3 is 9.47 Å². The lowest BCUT2D eigenvalue weighted by Crippen LogP contribution is -2.32. The van der Waals surface area contributed by atoms with Crippen molar-refractivity contribution in [3.8, 4) is 0 Å². The first-order chi connectivity index (χ1) is 15.4. The van der Waals surface area contributed by atoms with E-state index < -0.39 is 29.4 Å². The standard InChI is InChI=1S/C23H20N2O7/c1-31-9-7-24-20(27)15-5-3-13(11-17(15)22(24)29)19(26)14-4-6-16-18(12-14)23(30)25(21(16)28)8-10-32-2/h3-6,11-12H,7-10H2,1-2H3. The van der Waals surface area contributed by atoms with Crippen LogP contribution in [-0.2, 0) is 9.47 Å². The van der Waals surface area contributed by atoms with Gasteiger partial charge in [0.25, 0.3) is 23.6 Å². The van der Waals surface area contributed by atoms with Gasteiger partial charge in [0.05, 0.1) is 48.6 Å². The van der Waals surface area contributed by atoms with Crippen molar-refractivity contribution in [3.05, 3.63) is 69.8 Å². The molecule has 9 nitrogen and oxygen atoms in total. The lowest BCUT2D eigenvalue weighted by atomic mass is 9.96. The molecule has 9 heteroatoms. The SMILES string of the molecule is COCCN1C(=O)c2ccc(C(=O)c3ccc4c(c3)C(=O)N(CCOC)C4=O)cc2C1=O. The van der Waals surface area contributed by atoms with Crippen LogP contribution in [0.2, 0.25) is 0 Å². The van der Waals surface area contributed by atoms with Crippen molar-refractivity contribution < 1.29 is 33.4 Å². The molecule has 0 saturated carbocycles. The van der Waals surface area contributed by atoms with Crippen LogP contribution in [-0.4, -0.2) is 79.7 Å². The third-order valence-corrected chi connectivity index (χ3v) is 5.50. The largest absolute Gasteiger partial charge is 0.383 e. The number of nitrogens with zero attached hydrogens (tertiary/aromatic N) is 2. The van der Waals surface area contributed by atoms with Crippen LogP contribution in [0.25, 0.3) is 0 Å². The van der Waals surface area contributed by atoms with Gasteiger partial charge in [0.2, 0.25) is 0 Å². The molecule has 2 aromatic carbocycles. The normalized spacial score (nSPS) is 14.9. The first kappa shape index (κ1) is 21.5. The highest BCUT2D eigenvalue weighted by atomic mass is 16.5. The lowest BCUT2D eigenvalue weighted by Gasteiger charge is -2.12. The molecule has 164 valence electrons. The summed E-state index contributed by atoms with van der Waals surface area (Å²) in [6.07, 6.45) is 0. The summed E-state index contributed by atoms with van der Waals surface area (Å²) in [4.78, 5) is 65.4. The first-order valence-electron chi connectivity index (χ1n) is 9.92. The van der Waals surface area contributed by atoms with Gasteiger partial charge >= 0.3 is 0 Å². The molecule has 0 spiro atoms. The van der Waals surface area contributed by atoms with E-state index in [9.17, 15) is 24.0 Å². The maximum absolute atomic E-state index is 13.1. The van der Waals surface area contributed by atoms with E-state index in [-0.39, 0.29) is 59.7 Å². The molecule has 32 heavy (non-hydrogen) atoms. The van der Waals surface area contributed by atoms with Crippen molar-refractivity contribution >= 4 is 29.4 Å². The second-order valence-electron chi connectivity index (χ2n) is 7.36. The molecule has 0 unspecified atom stereocenters. The molecule has 0 radical (unpaired) electrons. The van der Waals surface area contributed by atoms with E-state index in [1.807, 2.05) is 0 Å². The number of rotatable bonds is 8. The van der Waals surface area contributed by atoms with Crippen LogP contribution in [0, 0.1) is 0 Å². The predicted octanol–water partition coefficient (Wildman–Crippen LogP) is 1.40. The molecule has 2 heterocycles. The number of hydrogen-bond acceptors (Lipinski definition) is 7. The van der Waals surface area contributed by atoms with Gasteiger partial charge in [-0.1, -0.05) is 12.1 Å². The van der Waals surface area contributed by atoms with Gasteiger partial charge in [-0.3, -0.25) is 33.8 Å². The van der Waals surface area contributed by atoms with Gasteiger partial charge in [0.1, 0.15) is 0 Å². The Bertz CT molecular complexity index is 1080. The molecule has 0 bridgehead atoms. The number of benzene rings is 2. The maximum Gasteiger partial charge on any atom is 0.261 e. The van der Waals surface area contributed by atoms with Gasteiger partial charge in [-0.25, -0.2) is 0 Å². The molecule has 0 atom stereocenters. The number of imide groups is 2. The summed E-state index contributed by atoms with van der Waals surface area (Å²) in [5.74, 6) is -2.26. The number of ketones is 1. The topological polar surface area (TPSA) is 110 Å². The zero-order chi connectivity index (χ0) is 23.0. The van der Waals surface area contributed by atoms with E-state index in [1.54, 1.807) is 0 Å². The quantitative estimate of drug-likeness (QED) is 0.454. The molecule has 4 rings (SSSR count). The molecule has 4 amide bonds. The second kappa shape index (κ2) is 8.45. The Hall–Kier alpha value is -3.69. The minimum atomic E-state index is -0.486. The van der Waals surface area contributed by atoms with E-state index in [0.717, 1.165) is 9.80 Å². The Morgan fingerprint density at radius 2 is 1.03 bits per heavy atom. The number of methoxy groups -OCH3 is 2. The molecule has 2 aliphatic rings. The first-order valence-corrected chi connectivity index (χ1v) is 9.92. The van der Waals surface area contributed by atoms with Crippen LogP contribution in [0.5, 0.6) is 0 Å². The van der Waals surface area contributed by atoms with Crippen LogP contribution in [0.15, 0.2) is 36.4 Å². The second-order valence-corrected chi connectivity index (χ2v) is 7.36. The van der Waals surface area contributed by atoms with Crippen LogP contribution in [0.3, 0.4) is 0 Å². The number of carbonyl (C=O) groups is 5. The number of carbonyl (C=O) groups excluding carboxylic acids is 5. The summed E-state index contributed by atoms with van der Waals surface area (Å²) in [5.41, 5.74) is 1.15. The van der Waals surface area contributed by atoms with E-state index in [1.165, 1.54) is 50.6 Å². The number of fused-ring (bicyclic) bond motifs is 2. The summed E-state index contributed by atoms with van der Waals surface area (Å²) in [7, 11) is 2.95. The minimum Gasteiger partial charge on any atom is -0.383 e. The van der Waals surface area contributed by atoms with E-state index in [0.29, 0.717) is 0 Å². The van der Waals surface area contributed by atoms with E-state index >= 15 is 0 Å². The predicted molar refractivity (Wildman–Crippen MR) is 111 cm³/mol. The summed E-state index contributed by atoms with van der Waals surface area (Å²) < 4.78 is 9.88. The van der Waals surface area contributed by atoms with Crippen molar-refractivity contribution in [2.24, 2.45) is 0 Å². The molecule has 0 saturated heterocycles. The van der Waals surface area contributed by atoms with Gasteiger partial charge in [-0.2, -0.15) is 0 Å². The Balaban J connectivity index is 1.62. The van der Waals surface area contributed by atoms with Crippen LogP contribution < -0.4 is 0 Å². The van der Waals surface area contributed by atoms with Crippen molar-refractivity contribution in [2.45, 2.75) is 0 Å². The van der Waals surface area contributed by atoms with E-state index in [2.05, 4.69) is 0 Å². The average Bonchev–Trinajstić information content (AvgIpc) is 3.19. The molecule has 0 fully saturated rings. The molecular formula is C23H20N2O7. The third-order valence-electron chi connectivity index (χ3n) is 5.50. The summed E-state index contributed by atoms with van der Waals surface area (Å²) in [6, 6.07) is 8.61. The number of hydrogen-bond donors (Lipinski definition) is 0. The highest BCUT2D eigenvalue weighted by molar-refractivity contribution is 6.24. The highest BCUT2D eigenvalue weighted by Gasteiger charge is 2.37. The van der Waals surface area contributed by atoms with Gasteiger partial charge in [0.15, 0.2) is 5.78 Å². The van der Waals surface area contributed by atoms with Crippen LogP contribution in [0.4, 0.5) is 0 Å². The van der Waals surface area contributed by atoms with Crippen molar-refractivity contribution in [1.82, 2.24) is 9.80 Å². The summed E-state index contributed by atoms with van der Waals surface area (Å²) in [5, 5.41) is 0. The third kappa shape index (κ3) is 3.41. The summed E-state index contributed by atoms with van der Waals surface area (Å²) in [6.45, 7) is 0.653. The Labute approximate surface area is 183 Å². The smallest absolute Gasteiger partial charge is 0.261 e. The monoisotopic (exact) mass is 436 g/mol. The maximum atomic E-state index is 13.1. The number of amides is 4. The van der Waals surface area contributed by atoms with Crippen molar-refractivity contribution in [2.75, 3.05) is 40.5 Å². The minimum absolute atomic E-state index is 0.118. The van der Waals surface area contributed by atoms with E-state index in [4.69, 9.17) is 9.47 Å². The average molecular weight is 436 g/mol. The molecule has 0 N–H and O–H groups in total. The molecule has 2 aromatic rings. The fraction of sp³-hybridized carbons (Fsp3) is 0.261. The van der Waals surface area contributed by atoms with Gasteiger partial charge in [-0.05, 0) is 24.3 Å². The highest BCUT2D eigenvalue weighted by Crippen LogP contribution is 2.27. The molecular weight excluding hydrogens is 416 g/mol. The molecule has 2 aliphatic heterocycles. The number of ether oxygens (including phenoxy) is 2. The summed E-state index contributed by atoms with van der Waals surface area (Å²) >= 11 is 0. The molecule has 0 aromatic heterocycles. The lowest BCUT2D eigenvalue weighted by molar-refractivity contribution is 0.0589. The van der Waals surface area contributed by atoms with Crippen molar-refractivity contribution in [3.63, 3.8) is 0 Å². The van der Waals surface area contributed by atoms with Gasteiger partial charge in [-0.15, -0.1) is 0 Å². The Kier molecular flexibility index (Phi) is 5.68. The zero-order valence-corrected chi connectivity index (χ0v) is 17.5. The Morgan fingerprint density at radius 3 is 1.41 bits per heavy atom. The fourth-order valence-corrected chi connectivity index (χ4v) is 3.80. The van der Waals surface area contributed by atoms with Crippen LogP contribution in [0.1, 0.15) is 57.4 Å². The van der Waals surface area contributed by atoms with Crippen molar-refractivity contribution in [1.29, 1.82) is 0 Å². The zero-order valence-electron chi connectivity index (χ0n) is 17.5. The Morgan fingerprint density at radius 1 is 0.656 bits per heavy atom. The molecule has 0 aliphatic carbocycles.